The molecule has 0 radical (unpaired) electrons. The van der Waals surface area contributed by atoms with Crippen LogP contribution >= 0.6 is 0 Å². The fourth-order valence-corrected chi connectivity index (χ4v) is 4.16. The van der Waals surface area contributed by atoms with Gasteiger partial charge in [0.2, 0.25) is 11.8 Å². The second-order valence-corrected chi connectivity index (χ2v) is 8.35. The Labute approximate surface area is 202 Å². The maximum absolute atomic E-state index is 10.1. The van der Waals surface area contributed by atoms with Crippen LogP contribution in [0.3, 0.4) is 0 Å². The van der Waals surface area contributed by atoms with Crippen molar-refractivity contribution in [1.82, 2.24) is 29.8 Å². The number of hydrogen-bond acceptors (Lipinski definition) is 9. The number of hydrogen-bond donors (Lipinski definition) is 4. The summed E-state index contributed by atoms with van der Waals surface area (Å²) in [6.45, 7) is 1.32. The van der Waals surface area contributed by atoms with Crippen molar-refractivity contribution in [2.75, 3.05) is 32.7 Å². The lowest BCUT2D eigenvalue weighted by Gasteiger charge is -2.23. The van der Waals surface area contributed by atoms with Gasteiger partial charge in [0, 0.05) is 44.0 Å². The highest BCUT2D eigenvalue weighted by molar-refractivity contribution is 5.96. The number of fused-ring (bicyclic) bond motifs is 1. The molecule has 4 heterocycles. The van der Waals surface area contributed by atoms with Gasteiger partial charge in [-0.15, -0.1) is 0 Å². The molecule has 35 heavy (non-hydrogen) atoms. The first-order chi connectivity index (χ1) is 17.1. The molecule has 1 aliphatic heterocycles. The molecule has 0 aliphatic carbocycles. The lowest BCUT2D eigenvalue weighted by atomic mass is 10.1. The summed E-state index contributed by atoms with van der Waals surface area (Å²) in [7, 11) is 5.20. The number of rotatable bonds is 8. The van der Waals surface area contributed by atoms with Crippen LogP contribution in [0, 0.1) is 0 Å². The van der Waals surface area contributed by atoms with Crippen LogP contribution in [0.5, 0.6) is 11.6 Å². The van der Waals surface area contributed by atoms with E-state index in [0.717, 1.165) is 29.6 Å². The number of aromatic nitrogens is 5. The largest absolute Gasteiger partial charge is 0.495 e. The number of aryl methyl sites for hydroxylation is 1. The normalized spacial score (nSPS) is 15.3. The minimum Gasteiger partial charge on any atom is -0.495 e. The van der Waals surface area contributed by atoms with Crippen molar-refractivity contribution >= 4 is 22.7 Å². The van der Waals surface area contributed by atoms with Gasteiger partial charge in [-0.25, -0.2) is 4.98 Å². The smallest absolute Gasteiger partial charge is 0.232 e. The van der Waals surface area contributed by atoms with Gasteiger partial charge in [0.1, 0.15) is 29.6 Å². The number of aliphatic hydroxyl groups excluding tert-OH is 1. The maximum atomic E-state index is 10.1. The van der Waals surface area contributed by atoms with Crippen molar-refractivity contribution in [2.45, 2.75) is 25.2 Å². The number of imidazole rings is 1. The number of nitrogens with zero attached hydrogens (tertiary/aromatic N) is 4. The summed E-state index contributed by atoms with van der Waals surface area (Å²) in [4.78, 5) is 17.2. The molecule has 1 saturated heterocycles. The molecule has 0 spiro atoms. The highest BCUT2D eigenvalue weighted by atomic mass is 16.5. The van der Waals surface area contributed by atoms with E-state index in [9.17, 15) is 5.11 Å². The number of nitrogens with one attached hydrogen (secondary N) is 3. The van der Waals surface area contributed by atoms with Gasteiger partial charge in [0.25, 0.3) is 0 Å². The minimum atomic E-state index is -0.798. The van der Waals surface area contributed by atoms with Crippen LogP contribution in [0.25, 0.3) is 22.4 Å². The Morgan fingerprint density at radius 1 is 1.26 bits per heavy atom. The van der Waals surface area contributed by atoms with E-state index in [1.807, 2.05) is 30.1 Å². The number of anilines is 2. The van der Waals surface area contributed by atoms with E-state index in [4.69, 9.17) is 24.2 Å². The highest BCUT2D eigenvalue weighted by Crippen LogP contribution is 2.36. The Balaban J connectivity index is 1.55. The van der Waals surface area contributed by atoms with Gasteiger partial charge >= 0.3 is 0 Å². The zero-order valence-corrected chi connectivity index (χ0v) is 19.9. The molecule has 4 aromatic rings. The fourth-order valence-electron chi connectivity index (χ4n) is 4.16. The highest BCUT2D eigenvalue weighted by Gasteiger charge is 2.23. The molecule has 4 N–H and O–H groups in total. The summed E-state index contributed by atoms with van der Waals surface area (Å²) < 4.78 is 19.4. The van der Waals surface area contributed by atoms with Gasteiger partial charge in [-0.2, -0.15) is 9.97 Å². The average molecular weight is 480 g/mol. The number of methoxy groups -OCH3 is 1. The Morgan fingerprint density at radius 3 is 2.80 bits per heavy atom. The first-order valence-electron chi connectivity index (χ1n) is 11.5. The summed E-state index contributed by atoms with van der Waals surface area (Å²) in [5.41, 5.74) is 2.83. The molecule has 1 aliphatic rings. The van der Waals surface area contributed by atoms with Crippen LogP contribution in [0.1, 0.15) is 24.6 Å². The molecular formula is C24H29N7O4. The zero-order chi connectivity index (χ0) is 24.4. The first kappa shape index (κ1) is 23.1. The Kier molecular flexibility index (Phi) is 6.53. The third-order valence-corrected chi connectivity index (χ3v) is 6.07. The van der Waals surface area contributed by atoms with Crippen LogP contribution in [-0.4, -0.2) is 63.1 Å². The lowest BCUT2D eigenvalue weighted by molar-refractivity contribution is 0.0244. The topological polar surface area (TPSA) is 131 Å². The molecular weight excluding hydrogens is 450 g/mol. The molecule has 11 nitrogen and oxygen atoms in total. The fraction of sp³-hybridized carbons (Fsp3) is 0.375. The molecule has 1 aromatic carbocycles. The SMILES string of the molecule is CNC(O)c1ccc(Nc2nc(OC3CCOCC3)c3c(-c4nccn4C)c[nH]c3n2)c(OC)c1. The number of ether oxygens (including phenoxy) is 3. The predicted octanol–water partition coefficient (Wildman–Crippen LogP) is 2.88. The molecule has 1 atom stereocenters. The van der Waals surface area contributed by atoms with E-state index >= 15 is 0 Å². The summed E-state index contributed by atoms with van der Waals surface area (Å²) in [6.07, 6.45) is 6.30. The van der Waals surface area contributed by atoms with Crippen molar-refractivity contribution in [3.8, 4) is 23.0 Å². The van der Waals surface area contributed by atoms with Gasteiger partial charge in [0.05, 0.1) is 31.4 Å². The van der Waals surface area contributed by atoms with Gasteiger partial charge in [-0.05, 0) is 24.7 Å². The molecule has 184 valence electrons. The molecule has 1 fully saturated rings. The van der Waals surface area contributed by atoms with Gasteiger partial charge in [-0.1, -0.05) is 6.07 Å². The van der Waals surface area contributed by atoms with Crippen LogP contribution in [0.4, 0.5) is 11.6 Å². The second kappa shape index (κ2) is 9.90. The van der Waals surface area contributed by atoms with E-state index in [0.29, 0.717) is 47.7 Å². The number of aliphatic hydroxyl groups is 1. The Morgan fingerprint density at radius 2 is 2.09 bits per heavy atom. The maximum Gasteiger partial charge on any atom is 0.232 e. The molecule has 1 unspecified atom stereocenters. The van der Waals surface area contributed by atoms with Gasteiger partial charge in [-0.3, -0.25) is 5.32 Å². The molecule has 0 bridgehead atoms. The van der Waals surface area contributed by atoms with Crippen molar-refractivity contribution in [1.29, 1.82) is 0 Å². The quantitative estimate of drug-likeness (QED) is 0.282. The van der Waals surface area contributed by atoms with E-state index < -0.39 is 6.23 Å². The van der Waals surface area contributed by atoms with Crippen LogP contribution < -0.4 is 20.1 Å². The van der Waals surface area contributed by atoms with Crippen molar-refractivity contribution in [3.63, 3.8) is 0 Å². The molecule has 0 amide bonds. The number of H-pyrrole nitrogens is 1. The summed E-state index contributed by atoms with van der Waals surface area (Å²) in [5, 5.41) is 16.9. The molecule has 11 heteroatoms. The number of aromatic amines is 1. The molecule has 0 saturated carbocycles. The van der Waals surface area contributed by atoms with Gasteiger partial charge < -0.3 is 34.2 Å². The first-order valence-corrected chi connectivity index (χ1v) is 11.5. The van der Waals surface area contributed by atoms with E-state index in [2.05, 4.69) is 20.6 Å². The Hall–Kier alpha value is -3.67. The summed E-state index contributed by atoms with van der Waals surface area (Å²) in [6, 6.07) is 5.38. The predicted molar refractivity (Wildman–Crippen MR) is 131 cm³/mol. The van der Waals surface area contributed by atoms with Crippen molar-refractivity contribution in [2.24, 2.45) is 7.05 Å². The Bertz CT molecular complexity index is 1310. The molecule has 3 aromatic heterocycles. The number of benzene rings is 1. The monoisotopic (exact) mass is 479 g/mol. The summed E-state index contributed by atoms with van der Waals surface area (Å²) in [5.74, 6) is 2.17. The summed E-state index contributed by atoms with van der Waals surface area (Å²) >= 11 is 0. The average Bonchev–Trinajstić information content (AvgIpc) is 3.50. The van der Waals surface area contributed by atoms with Crippen LogP contribution in [0.15, 0.2) is 36.8 Å². The van der Waals surface area contributed by atoms with Crippen LogP contribution in [0.2, 0.25) is 0 Å². The second-order valence-electron chi connectivity index (χ2n) is 8.35. The minimum absolute atomic E-state index is 0.00401. The zero-order valence-electron chi connectivity index (χ0n) is 19.9. The van der Waals surface area contributed by atoms with Crippen molar-refractivity contribution < 1.29 is 19.3 Å². The van der Waals surface area contributed by atoms with Crippen LogP contribution in [-0.2, 0) is 11.8 Å². The standard InChI is InChI=1S/C24H29N7O4/c1-25-22(32)14-4-5-17(18(12-14)33-3)28-24-29-20-19(16(13-27-20)21-26-8-9-31(21)2)23(30-24)35-15-6-10-34-11-7-15/h4-5,8-9,12-13,15,22,25,32H,6-7,10-11H2,1-3H3,(H2,27,28,29,30). The van der Waals surface area contributed by atoms with E-state index in [-0.39, 0.29) is 6.10 Å². The third-order valence-electron chi connectivity index (χ3n) is 6.07. The third kappa shape index (κ3) is 4.65. The molecule has 5 rings (SSSR count). The van der Waals surface area contributed by atoms with E-state index in [1.54, 1.807) is 32.5 Å². The lowest BCUT2D eigenvalue weighted by Crippen LogP contribution is -2.26. The van der Waals surface area contributed by atoms with Gasteiger partial charge in [0.15, 0.2) is 0 Å². The van der Waals surface area contributed by atoms with Crippen molar-refractivity contribution in [3.05, 3.63) is 42.4 Å². The van der Waals surface area contributed by atoms with E-state index in [1.165, 1.54) is 0 Å².